The van der Waals surface area contributed by atoms with Crippen molar-refractivity contribution < 1.29 is 0 Å². The van der Waals surface area contributed by atoms with E-state index >= 15 is 0 Å². The van der Waals surface area contributed by atoms with Crippen molar-refractivity contribution in [3.8, 4) is 0 Å². The maximum atomic E-state index is 5.76. The molecule has 0 unspecified atom stereocenters. The van der Waals surface area contributed by atoms with Gasteiger partial charge in [0.2, 0.25) is 0 Å². The zero-order chi connectivity index (χ0) is 12.3. The van der Waals surface area contributed by atoms with E-state index in [4.69, 9.17) is 5.73 Å². The van der Waals surface area contributed by atoms with Crippen molar-refractivity contribution in [3.05, 3.63) is 46.2 Å². The molecule has 2 rings (SSSR count). The number of rotatable bonds is 4. The van der Waals surface area contributed by atoms with Gasteiger partial charge in [-0.25, -0.2) is 0 Å². The molecule has 3 heteroatoms. The average molecular weight is 246 g/mol. The number of likely N-dealkylation sites (N-methyl/N-ethyl adjacent to an activating group) is 1. The van der Waals surface area contributed by atoms with Crippen molar-refractivity contribution in [1.29, 1.82) is 0 Å². The first kappa shape index (κ1) is 12.0. The minimum absolute atomic E-state index is 0.831. The Morgan fingerprint density at radius 2 is 2.12 bits per heavy atom. The van der Waals surface area contributed by atoms with Gasteiger partial charge in [-0.3, -0.25) is 0 Å². The van der Waals surface area contributed by atoms with E-state index in [1.807, 2.05) is 23.5 Å². The molecule has 2 aromatic rings. The number of hydrogen-bond donors (Lipinski definition) is 1. The highest BCUT2D eigenvalue weighted by Crippen LogP contribution is 2.21. The minimum atomic E-state index is 0.831. The molecule has 0 fully saturated rings. The third-order valence-electron chi connectivity index (χ3n) is 2.91. The Labute approximate surface area is 107 Å². The van der Waals surface area contributed by atoms with Crippen molar-refractivity contribution >= 4 is 22.7 Å². The molecule has 2 nitrogen and oxygen atoms in total. The number of nitrogens with zero attached hydrogens (tertiary/aromatic N) is 1. The fourth-order valence-electron chi connectivity index (χ4n) is 1.96. The maximum Gasteiger partial charge on any atom is 0.0394 e. The summed E-state index contributed by atoms with van der Waals surface area (Å²) >= 11 is 1.82. The summed E-state index contributed by atoms with van der Waals surface area (Å²) in [7, 11) is 2.13. The van der Waals surface area contributed by atoms with Crippen LogP contribution in [-0.2, 0) is 6.42 Å². The lowest BCUT2D eigenvalue weighted by atomic mass is 10.1. The largest absolute Gasteiger partial charge is 0.399 e. The zero-order valence-corrected chi connectivity index (χ0v) is 11.1. The van der Waals surface area contributed by atoms with Crippen molar-refractivity contribution in [2.45, 2.75) is 13.3 Å². The molecule has 0 saturated heterocycles. The number of aryl methyl sites for hydroxylation is 1. The van der Waals surface area contributed by atoms with Gasteiger partial charge in [0, 0.05) is 29.8 Å². The van der Waals surface area contributed by atoms with Crippen LogP contribution in [0.4, 0.5) is 11.4 Å². The zero-order valence-electron chi connectivity index (χ0n) is 10.3. The first-order valence-corrected chi connectivity index (χ1v) is 6.64. The van der Waals surface area contributed by atoms with E-state index < -0.39 is 0 Å². The van der Waals surface area contributed by atoms with E-state index in [0.29, 0.717) is 0 Å². The lowest BCUT2D eigenvalue weighted by Gasteiger charge is -2.21. The number of nitrogen functional groups attached to an aromatic ring is 1. The standard InChI is InChI=1S/C14H18N2S/c1-11-10-12(15)5-6-14(11)16(2)8-7-13-4-3-9-17-13/h3-6,9-10H,7-8,15H2,1-2H3. The molecular formula is C14H18N2S. The van der Waals surface area contributed by atoms with E-state index in [-0.39, 0.29) is 0 Å². The summed E-state index contributed by atoms with van der Waals surface area (Å²) in [4.78, 5) is 3.72. The summed E-state index contributed by atoms with van der Waals surface area (Å²) in [6.07, 6.45) is 1.10. The number of nitrogens with two attached hydrogens (primary N) is 1. The highest BCUT2D eigenvalue weighted by atomic mass is 32.1. The summed E-state index contributed by atoms with van der Waals surface area (Å²) < 4.78 is 0. The molecule has 17 heavy (non-hydrogen) atoms. The van der Waals surface area contributed by atoms with Crippen LogP contribution in [0.3, 0.4) is 0 Å². The Hall–Kier alpha value is -1.48. The second kappa shape index (κ2) is 5.23. The average Bonchev–Trinajstić information content (AvgIpc) is 2.78. The third kappa shape index (κ3) is 3.01. The predicted molar refractivity (Wildman–Crippen MR) is 76.9 cm³/mol. The van der Waals surface area contributed by atoms with Crippen LogP contribution >= 0.6 is 11.3 Å². The van der Waals surface area contributed by atoms with Crippen LogP contribution in [0, 0.1) is 6.92 Å². The van der Waals surface area contributed by atoms with Gasteiger partial charge in [0.1, 0.15) is 0 Å². The molecule has 0 amide bonds. The van der Waals surface area contributed by atoms with Crippen LogP contribution in [-0.4, -0.2) is 13.6 Å². The third-order valence-corrected chi connectivity index (χ3v) is 3.84. The summed E-state index contributed by atoms with van der Waals surface area (Å²) in [6.45, 7) is 3.14. The summed E-state index contributed by atoms with van der Waals surface area (Å²) in [5.74, 6) is 0. The van der Waals surface area contributed by atoms with Crippen molar-refractivity contribution in [2.24, 2.45) is 0 Å². The Kier molecular flexibility index (Phi) is 3.69. The topological polar surface area (TPSA) is 29.3 Å². The van der Waals surface area contributed by atoms with Crippen LogP contribution in [0.2, 0.25) is 0 Å². The lowest BCUT2D eigenvalue weighted by Crippen LogP contribution is -2.20. The molecule has 0 aliphatic heterocycles. The van der Waals surface area contributed by atoms with Gasteiger partial charge < -0.3 is 10.6 Å². The molecule has 1 aromatic carbocycles. The highest BCUT2D eigenvalue weighted by molar-refractivity contribution is 7.09. The number of benzene rings is 1. The van der Waals surface area contributed by atoms with Gasteiger partial charge in [0.15, 0.2) is 0 Å². The van der Waals surface area contributed by atoms with Crippen LogP contribution < -0.4 is 10.6 Å². The molecule has 0 bridgehead atoms. The number of thiophene rings is 1. The van der Waals surface area contributed by atoms with E-state index in [1.165, 1.54) is 16.1 Å². The molecule has 0 atom stereocenters. The monoisotopic (exact) mass is 246 g/mol. The fourth-order valence-corrected chi connectivity index (χ4v) is 2.66. The van der Waals surface area contributed by atoms with E-state index in [9.17, 15) is 0 Å². The van der Waals surface area contributed by atoms with Gasteiger partial charge in [-0.15, -0.1) is 11.3 Å². The van der Waals surface area contributed by atoms with Gasteiger partial charge >= 0.3 is 0 Å². The van der Waals surface area contributed by atoms with E-state index in [0.717, 1.165) is 18.7 Å². The second-order valence-electron chi connectivity index (χ2n) is 4.30. The lowest BCUT2D eigenvalue weighted by molar-refractivity contribution is 0.883. The second-order valence-corrected chi connectivity index (χ2v) is 5.33. The van der Waals surface area contributed by atoms with Gasteiger partial charge in [-0.2, -0.15) is 0 Å². The Morgan fingerprint density at radius 3 is 2.76 bits per heavy atom. The quantitative estimate of drug-likeness (QED) is 0.839. The van der Waals surface area contributed by atoms with Crippen LogP contribution in [0.25, 0.3) is 0 Å². The SMILES string of the molecule is Cc1cc(N)ccc1N(C)CCc1cccs1. The maximum absolute atomic E-state index is 5.76. The summed E-state index contributed by atoms with van der Waals surface area (Å²) in [5.41, 5.74) is 9.09. The summed E-state index contributed by atoms with van der Waals surface area (Å²) in [5, 5.41) is 2.13. The van der Waals surface area contributed by atoms with Gasteiger partial charge in [0.25, 0.3) is 0 Å². The molecule has 1 heterocycles. The molecule has 2 N–H and O–H groups in total. The predicted octanol–water partition coefficient (Wildman–Crippen LogP) is 3.32. The van der Waals surface area contributed by atoms with Gasteiger partial charge in [-0.1, -0.05) is 6.07 Å². The Morgan fingerprint density at radius 1 is 1.29 bits per heavy atom. The minimum Gasteiger partial charge on any atom is -0.399 e. The van der Waals surface area contributed by atoms with Crippen molar-refractivity contribution in [1.82, 2.24) is 0 Å². The molecule has 0 spiro atoms. The normalized spacial score (nSPS) is 10.5. The van der Waals surface area contributed by atoms with Crippen molar-refractivity contribution in [3.63, 3.8) is 0 Å². The summed E-state index contributed by atoms with van der Waals surface area (Å²) in [6, 6.07) is 10.4. The smallest absolute Gasteiger partial charge is 0.0394 e. The molecular weight excluding hydrogens is 228 g/mol. The highest BCUT2D eigenvalue weighted by Gasteiger charge is 2.05. The Balaban J connectivity index is 2.01. The van der Waals surface area contributed by atoms with E-state index in [1.54, 1.807) is 0 Å². The molecule has 0 saturated carbocycles. The number of hydrogen-bond acceptors (Lipinski definition) is 3. The molecule has 90 valence electrons. The van der Waals surface area contributed by atoms with Crippen LogP contribution in [0.1, 0.15) is 10.4 Å². The first-order valence-electron chi connectivity index (χ1n) is 5.76. The number of anilines is 2. The molecule has 1 aromatic heterocycles. The Bertz CT molecular complexity index is 477. The first-order chi connectivity index (χ1) is 8.16. The van der Waals surface area contributed by atoms with Gasteiger partial charge in [-0.05, 0) is 48.6 Å². The van der Waals surface area contributed by atoms with Crippen LogP contribution in [0.15, 0.2) is 35.7 Å². The van der Waals surface area contributed by atoms with Crippen LogP contribution in [0.5, 0.6) is 0 Å². The fraction of sp³-hybridized carbons (Fsp3) is 0.286. The molecule has 0 aliphatic rings. The van der Waals surface area contributed by atoms with E-state index in [2.05, 4.69) is 42.5 Å². The van der Waals surface area contributed by atoms with Crippen molar-refractivity contribution in [2.75, 3.05) is 24.2 Å². The van der Waals surface area contributed by atoms with Gasteiger partial charge in [0.05, 0.1) is 0 Å². The molecule has 0 aliphatic carbocycles. The molecule has 0 radical (unpaired) electrons.